The van der Waals surface area contributed by atoms with Gasteiger partial charge in [0.2, 0.25) is 0 Å². The third-order valence-electron chi connectivity index (χ3n) is 9.69. The minimum atomic E-state index is 0.832. The van der Waals surface area contributed by atoms with E-state index in [9.17, 15) is 0 Å². The number of rotatable bonds is 3. The van der Waals surface area contributed by atoms with Crippen molar-refractivity contribution >= 4 is 43.4 Å². The van der Waals surface area contributed by atoms with E-state index in [1.54, 1.807) is 0 Å². The molecule has 0 unspecified atom stereocenters. The first-order chi connectivity index (χ1) is 23.2. The summed E-state index contributed by atoms with van der Waals surface area (Å²) < 4.78 is 8.84. The summed E-state index contributed by atoms with van der Waals surface area (Å²) in [5, 5.41) is 7.37. The number of fused-ring (bicyclic) bond motifs is 5. The fraction of sp³-hybridized carbons (Fsp3) is 0.0227. The molecule has 1 aromatic heterocycles. The highest BCUT2D eigenvalue weighted by Gasteiger charge is 2.24. The van der Waals surface area contributed by atoms with Gasteiger partial charge >= 0.3 is 0 Å². The standard InChI is InChI=1S/C44H28N2O/c1-27-45-38-16-9-17-40-44(38)46(27)39-23-21-33(26-41(39)47-40)43-35-15-8-7-14-34(35)42(32-19-18-29-12-5-6-13-30(29)24-32)36-22-20-31(25-37(36)43)28-10-3-2-4-11-28/h2-26H,1H3. The van der Waals surface area contributed by atoms with Crippen LogP contribution in [0.25, 0.3) is 82.4 Å². The number of nitrogens with zero attached hydrogens (tertiary/aromatic N) is 2. The molecule has 220 valence electrons. The number of ether oxygens (including phenoxy) is 1. The van der Waals surface area contributed by atoms with E-state index in [1.165, 1.54) is 60.1 Å². The second-order valence-corrected chi connectivity index (χ2v) is 12.4. The molecule has 0 spiro atoms. The molecular weight excluding hydrogens is 572 g/mol. The van der Waals surface area contributed by atoms with Crippen molar-refractivity contribution in [3.63, 3.8) is 0 Å². The smallest absolute Gasteiger partial charge is 0.153 e. The predicted molar refractivity (Wildman–Crippen MR) is 195 cm³/mol. The van der Waals surface area contributed by atoms with Gasteiger partial charge in [0.25, 0.3) is 0 Å². The lowest BCUT2D eigenvalue weighted by Crippen LogP contribution is -2.05. The Morgan fingerprint density at radius 1 is 0.468 bits per heavy atom. The van der Waals surface area contributed by atoms with E-state index in [0.717, 1.165) is 39.6 Å². The molecule has 3 nitrogen and oxygen atoms in total. The lowest BCUT2D eigenvalue weighted by Gasteiger charge is -2.23. The van der Waals surface area contributed by atoms with Gasteiger partial charge in [-0.2, -0.15) is 0 Å². The van der Waals surface area contributed by atoms with Gasteiger partial charge in [0.1, 0.15) is 11.3 Å². The number of para-hydroxylation sites is 1. The number of imidazole rings is 1. The van der Waals surface area contributed by atoms with Gasteiger partial charge < -0.3 is 4.74 Å². The summed E-state index contributed by atoms with van der Waals surface area (Å²) in [5.74, 6) is 2.62. The Bertz CT molecular complexity index is 2720. The highest BCUT2D eigenvalue weighted by molar-refractivity contribution is 6.22. The minimum Gasteiger partial charge on any atom is -0.453 e. The summed E-state index contributed by atoms with van der Waals surface area (Å²) in [7, 11) is 0. The Balaban J connectivity index is 1.28. The van der Waals surface area contributed by atoms with Crippen LogP contribution < -0.4 is 4.74 Å². The van der Waals surface area contributed by atoms with Gasteiger partial charge in [0, 0.05) is 0 Å². The molecule has 1 aliphatic heterocycles. The van der Waals surface area contributed by atoms with Gasteiger partial charge in [0.05, 0.1) is 11.2 Å². The van der Waals surface area contributed by atoms with E-state index < -0.39 is 0 Å². The molecule has 1 aliphatic rings. The number of hydrogen-bond donors (Lipinski definition) is 0. The van der Waals surface area contributed by atoms with Gasteiger partial charge in [-0.05, 0) is 109 Å². The fourth-order valence-electron chi connectivity index (χ4n) is 7.60. The fourth-order valence-corrected chi connectivity index (χ4v) is 7.60. The number of benzene rings is 8. The average Bonchev–Trinajstić information content (AvgIpc) is 3.47. The van der Waals surface area contributed by atoms with Crippen LogP contribution in [0.4, 0.5) is 0 Å². The van der Waals surface area contributed by atoms with Crippen molar-refractivity contribution < 1.29 is 4.74 Å². The maximum absolute atomic E-state index is 6.62. The van der Waals surface area contributed by atoms with Gasteiger partial charge in [0.15, 0.2) is 11.5 Å². The number of aromatic nitrogens is 2. The molecule has 0 fully saturated rings. The summed E-state index contributed by atoms with van der Waals surface area (Å²) in [4.78, 5) is 4.82. The van der Waals surface area contributed by atoms with Crippen molar-refractivity contribution in [3.05, 3.63) is 157 Å². The molecule has 0 bridgehead atoms. The highest BCUT2D eigenvalue weighted by atomic mass is 16.5. The summed E-state index contributed by atoms with van der Waals surface area (Å²) in [6.07, 6.45) is 0. The van der Waals surface area contributed by atoms with E-state index in [-0.39, 0.29) is 0 Å². The molecular formula is C44H28N2O. The van der Waals surface area contributed by atoms with E-state index in [4.69, 9.17) is 9.72 Å². The predicted octanol–water partition coefficient (Wildman–Crippen LogP) is 11.9. The van der Waals surface area contributed by atoms with Crippen molar-refractivity contribution in [2.45, 2.75) is 6.92 Å². The molecule has 47 heavy (non-hydrogen) atoms. The molecule has 3 heteroatoms. The Morgan fingerprint density at radius 3 is 2.00 bits per heavy atom. The third kappa shape index (κ3) is 3.90. The van der Waals surface area contributed by atoms with E-state index >= 15 is 0 Å². The van der Waals surface area contributed by atoms with E-state index in [1.807, 2.05) is 18.2 Å². The molecule has 0 saturated heterocycles. The molecule has 0 aliphatic carbocycles. The maximum atomic E-state index is 6.62. The van der Waals surface area contributed by atoms with Crippen LogP contribution in [0, 0.1) is 6.92 Å². The topological polar surface area (TPSA) is 27.1 Å². The Kier molecular flexibility index (Phi) is 5.49. The zero-order valence-electron chi connectivity index (χ0n) is 25.7. The summed E-state index contributed by atoms with van der Waals surface area (Å²) in [6, 6.07) is 54.6. The van der Waals surface area contributed by atoms with Crippen LogP contribution in [0.3, 0.4) is 0 Å². The monoisotopic (exact) mass is 600 g/mol. The first-order valence-corrected chi connectivity index (χ1v) is 16.0. The molecule has 0 amide bonds. The Morgan fingerprint density at radius 2 is 1.15 bits per heavy atom. The summed E-state index contributed by atoms with van der Waals surface area (Å²) in [6.45, 7) is 2.06. The molecule has 0 radical (unpaired) electrons. The van der Waals surface area contributed by atoms with Crippen molar-refractivity contribution in [1.29, 1.82) is 0 Å². The second kappa shape index (κ2) is 9.90. The van der Waals surface area contributed by atoms with Crippen LogP contribution in [0.5, 0.6) is 11.5 Å². The number of aryl methyl sites for hydroxylation is 1. The zero-order valence-corrected chi connectivity index (χ0v) is 25.7. The first-order valence-electron chi connectivity index (χ1n) is 16.0. The van der Waals surface area contributed by atoms with Gasteiger partial charge in [-0.25, -0.2) is 4.98 Å². The summed E-state index contributed by atoms with van der Waals surface area (Å²) in [5.41, 5.74) is 10.2. The molecule has 0 atom stereocenters. The third-order valence-corrected chi connectivity index (χ3v) is 9.69. The van der Waals surface area contributed by atoms with Crippen LogP contribution in [0.2, 0.25) is 0 Å². The normalized spacial score (nSPS) is 12.1. The molecule has 8 aromatic carbocycles. The van der Waals surface area contributed by atoms with Gasteiger partial charge in [-0.3, -0.25) is 4.57 Å². The van der Waals surface area contributed by atoms with Gasteiger partial charge in [-0.1, -0.05) is 115 Å². The van der Waals surface area contributed by atoms with Crippen LogP contribution in [0.1, 0.15) is 5.82 Å². The van der Waals surface area contributed by atoms with E-state index in [2.05, 4.69) is 145 Å². The molecule has 0 saturated carbocycles. The Hall–Kier alpha value is -6.19. The molecule has 10 rings (SSSR count). The lowest BCUT2D eigenvalue weighted by molar-refractivity contribution is 0.475. The quantitative estimate of drug-likeness (QED) is 0.189. The number of hydrogen-bond acceptors (Lipinski definition) is 2. The SMILES string of the molecule is Cc1nc2cccc3c2n1-c1ccc(-c2c4ccccc4c(-c4ccc5ccccc5c4)c4ccc(-c5ccccc5)cc24)cc1O3. The average molecular weight is 601 g/mol. The maximum Gasteiger partial charge on any atom is 0.153 e. The largest absolute Gasteiger partial charge is 0.453 e. The lowest BCUT2D eigenvalue weighted by atomic mass is 9.84. The van der Waals surface area contributed by atoms with Crippen molar-refractivity contribution in [2.75, 3.05) is 0 Å². The molecule has 9 aromatic rings. The van der Waals surface area contributed by atoms with E-state index in [0.29, 0.717) is 0 Å². The second-order valence-electron chi connectivity index (χ2n) is 12.4. The van der Waals surface area contributed by atoms with Gasteiger partial charge in [-0.15, -0.1) is 0 Å². The van der Waals surface area contributed by atoms with Crippen molar-refractivity contribution in [3.8, 4) is 50.6 Å². The minimum absolute atomic E-state index is 0.832. The van der Waals surface area contributed by atoms with Crippen molar-refractivity contribution in [1.82, 2.24) is 9.55 Å². The highest BCUT2D eigenvalue weighted by Crippen LogP contribution is 2.48. The summed E-state index contributed by atoms with van der Waals surface area (Å²) >= 11 is 0. The molecule has 2 heterocycles. The zero-order chi connectivity index (χ0) is 31.1. The first kappa shape index (κ1) is 26.1. The van der Waals surface area contributed by atoms with Crippen LogP contribution in [-0.4, -0.2) is 9.55 Å². The molecule has 0 N–H and O–H groups in total. The Labute approximate surface area is 271 Å². The van der Waals surface area contributed by atoms with Crippen LogP contribution in [-0.2, 0) is 0 Å². The van der Waals surface area contributed by atoms with Crippen LogP contribution in [0.15, 0.2) is 152 Å². The van der Waals surface area contributed by atoms with Crippen LogP contribution >= 0.6 is 0 Å². The van der Waals surface area contributed by atoms with Crippen molar-refractivity contribution in [2.24, 2.45) is 0 Å².